The first-order valence-electron chi connectivity index (χ1n) is 11.1. The molecule has 0 radical (unpaired) electrons. The molecule has 10 nitrogen and oxygen atoms in total. The zero-order valence-electron chi connectivity index (χ0n) is 19.7. The van der Waals surface area contributed by atoms with E-state index in [0.29, 0.717) is 34.7 Å². The highest BCUT2D eigenvalue weighted by Gasteiger charge is 2.38. The molecule has 1 aliphatic rings. The molecule has 0 unspecified atom stereocenters. The first-order chi connectivity index (χ1) is 15.9. The zero-order valence-corrected chi connectivity index (χ0v) is 19.7. The van der Waals surface area contributed by atoms with E-state index in [1.54, 1.807) is 12.1 Å². The zero-order chi connectivity index (χ0) is 23.8. The number of nitrogens with one attached hydrogen (secondary N) is 2. The van der Waals surface area contributed by atoms with Crippen molar-refractivity contribution in [1.82, 2.24) is 15.5 Å². The second kappa shape index (κ2) is 11.0. The van der Waals surface area contributed by atoms with Gasteiger partial charge in [-0.3, -0.25) is 9.59 Å². The van der Waals surface area contributed by atoms with Crippen molar-refractivity contribution in [3.05, 3.63) is 23.8 Å². The Bertz CT molecular complexity index is 941. The molecule has 2 N–H and O–H groups in total. The number of ether oxygens (including phenoxy) is 3. The van der Waals surface area contributed by atoms with Crippen molar-refractivity contribution in [2.75, 3.05) is 26.6 Å². The van der Waals surface area contributed by atoms with Crippen LogP contribution in [0.25, 0.3) is 0 Å². The molecule has 2 aromatic rings. The molecule has 1 saturated carbocycles. The molecule has 1 aliphatic carbocycles. The van der Waals surface area contributed by atoms with Gasteiger partial charge in [-0.15, -0.1) is 0 Å². The van der Waals surface area contributed by atoms with Crippen LogP contribution in [0.4, 0.5) is 5.69 Å². The number of carbonyl (C=O) groups is 2. The number of anilines is 1. The second-order valence-corrected chi connectivity index (χ2v) is 8.15. The molecule has 3 rings (SSSR count). The number of carbonyl (C=O) groups excluding carboxylic acids is 2. The van der Waals surface area contributed by atoms with E-state index in [1.165, 1.54) is 28.3 Å². The molecular weight excluding hydrogens is 428 g/mol. The minimum absolute atomic E-state index is 0.118. The Kier molecular flexibility index (Phi) is 8.13. The summed E-state index contributed by atoms with van der Waals surface area (Å²) in [5.41, 5.74) is -0.0912. The predicted octanol–water partition coefficient (Wildman–Crippen LogP) is 3.35. The van der Waals surface area contributed by atoms with E-state index in [2.05, 4.69) is 20.8 Å². The minimum Gasteiger partial charge on any atom is -0.493 e. The molecular formula is C23H32N4O6. The van der Waals surface area contributed by atoms with E-state index in [-0.39, 0.29) is 24.7 Å². The Morgan fingerprint density at radius 3 is 2.21 bits per heavy atom. The van der Waals surface area contributed by atoms with Gasteiger partial charge < -0.3 is 29.4 Å². The summed E-state index contributed by atoms with van der Waals surface area (Å²) in [7, 11) is 4.54. The molecule has 1 heterocycles. The summed E-state index contributed by atoms with van der Waals surface area (Å²) in [5.74, 6) is 1.84. The Morgan fingerprint density at radius 2 is 1.67 bits per heavy atom. The molecule has 180 valence electrons. The number of hydrogen-bond donors (Lipinski definition) is 2. The van der Waals surface area contributed by atoms with Crippen molar-refractivity contribution in [3.8, 4) is 17.2 Å². The van der Waals surface area contributed by atoms with Gasteiger partial charge in [0.25, 0.3) is 0 Å². The van der Waals surface area contributed by atoms with Crippen molar-refractivity contribution in [1.29, 1.82) is 0 Å². The smallest absolute Gasteiger partial charge is 0.227 e. The fourth-order valence-corrected chi connectivity index (χ4v) is 4.22. The van der Waals surface area contributed by atoms with E-state index < -0.39 is 5.54 Å². The molecule has 0 bridgehead atoms. The van der Waals surface area contributed by atoms with Gasteiger partial charge in [-0.2, -0.15) is 4.98 Å². The topological polar surface area (TPSA) is 125 Å². The van der Waals surface area contributed by atoms with Crippen molar-refractivity contribution in [2.24, 2.45) is 0 Å². The molecule has 0 aliphatic heterocycles. The van der Waals surface area contributed by atoms with Gasteiger partial charge in [0.05, 0.1) is 21.3 Å². The lowest BCUT2D eigenvalue weighted by atomic mass is 9.89. The third-order valence-corrected chi connectivity index (χ3v) is 5.78. The highest BCUT2D eigenvalue weighted by Crippen LogP contribution is 2.40. The summed E-state index contributed by atoms with van der Waals surface area (Å²) >= 11 is 0. The van der Waals surface area contributed by atoms with Crippen LogP contribution >= 0.6 is 0 Å². The summed E-state index contributed by atoms with van der Waals surface area (Å²) in [6, 6.07) is 3.32. The second-order valence-electron chi connectivity index (χ2n) is 8.15. The standard InChI is InChI=1S/C23H32N4O6/c1-15(28)26-23(11-7-5-6-8-12-23)22-25-20(33-27-22)10-9-19(29)24-16-13-17(30-2)21(32-4)18(14-16)31-3/h13-14H,5-12H2,1-4H3,(H,24,29)(H,26,28). The Hall–Kier alpha value is -3.30. The van der Waals surface area contributed by atoms with E-state index in [1.807, 2.05) is 0 Å². The van der Waals surface area contributed by atoms with Crippen LogP contribution in [0.1, 0.15) is 63.6 Å². The van der Waals surface area contributed by atoms with Crippen LogP contribution < -0.4 is 24.8 Å². The molecule has 2 amide bonds. The van der Waals surface area contributed by atoms with Crippen LogP contribution in [0.15, 0.2) is 16.7 Å². The summed E-state index contributed by atoms with van der Waals surface area (Å²) in [4.78, 5) is 28.9. The lowest BCUT2D eigenvalue weighted by Gasteiger charge is -2.30. The number of methoxy groups -OCH3 is 3. The lowest BCUT2D eigenvalue weighted by Crippen LogP contribution is -2.45. The molecule has 0 atom stereocenters. The van der Waals surface area contributed by atoms with Gasteiger partial charge >= 0.3 is 0 Å². The van der Waals surface area contributed by atoms with Crippen LogP contribution in [0.3, 0.4) is 0 Å². The van der Waals surface area contributed by atoms with Gasteiger partial charge in [-0.05, 0) is 12.8 Å². The molecule has 1 aromatic carbocycles. The number of hydrogen-bond acceptors (Lipinski definition) is 8. The number of amides is 2. The maximum absolute atomic E-state index is 12.5. The van der Waals surface area contributed by atoms with Gasteiger partial charge in [-0.25, -0.2) is 0 Å². The van der Waals surface area contributed by atoms with Crippen molar-refractivity contribution >= 4 is 17.5 Å². The van der Waals surface area contributed by atoms with E-state index in [9.17, 15) is 9.59 Å². The SMILES string of the molecule is COc1cc(NC(=O)CCc2nc(C3(NC(C)=O)CCCCCC3)no2)cc(OC)c1OC. The number of benzene rings is 1. The number of rotatable bonds is 9. The van der Waals surface area contributed by atoms with E-state index in [0.717, 1.165) is 38.5 Å². The van der Waals surface area contributed by atoms with Crippen LogP contribution in [-0.4, -0.2) is 43.3 Å². The first-order valence-corrected chi connectivity index (χ1v) is 11.1. The van der Waals surface area contributed by atoms with Crippen molar-refractivity contribution < 1.29 is 28.3 Å². The summed E-state index contributed by atoms with van der Waals surface area (Å²) in [6.07, 6.45) is 6.17. The Morgan fingerprint density at radius 1 is 1.03 bits per heavy atom. The molecule has 10 heteroatoms. The van der Waals surface area contributed by atoms with Gasteiger partial charge in [0.15, 0.2) is 17.3 Å². The van der Waals surface area contributed by atoms with Gasteiger partial charge in [-0.1, -0.05) is 30.8 Å². The van der Waals surface area contributed by atoms with Crippen molar-refractivity contribution in [3.63, 3.8) is 0 Å². The first kappa shape index (κ1) is 24.3. The fraction of sp³-hybridized carbons (Fsp3) is 0.565. The monoisotopic (exact) mass is 460 g/mol. The average Bonchev–Trinajstić information content (AvgIpc) is 3.16. The Labute approximate surface area is 193 Å². The minimum atomic E-state index is -0.609. The quantitative estimate of drug-likeness (QED) is 0.546. The molecule has 1 fully saturated rings. The number of aryl methyl sites for hydroxylation is 1. The fourth-order valence-electron chi connectivity index (χ4n) is 4.22. The van der Waals surface area contributed by atoms with Gasteiger partial charge in [0, 0.05) is 37.6 Å². The highest BCUT2D eigenvalue weighted by atomic mass is 16.5. The molecule has 33 heavy (non-hydrogen) atoms. The average molecular weight is 461 g/mol. The van der Waals surface area contributed by atoms with Gasteiger partial charge in [0.1, 0.15) is 5.54 Å². The number of nitrogens with zero attached hydrogens (tertiary/aromatic N) is 2. The van der Waals surface area contributed by atoms with Crippen LogP contribution in [0, 0.1) is 0 Å². The van der Waals surface area contributed by atoms with Crippen molar-refractivity contribution in [2.45, 2.75) is 63.8 Å². The summed E-state index contributed by atoms with van der Waals surface area (Å²) in [5, 5.41) is 10.0. The van der Waals surface area contributed by atoms with E-state index in [4.69, 9.17) is 18.7 Å². The van der Waals surface area contributed by atoms with E-state index >= 15 is 0 Å². The van der Waals surface area contributed by atoms with Crippen LogP contribution in [-0.2, 0) is 21.5 Å². The van der Waals surface area contributed by atoms with Gasteiger partial charge in [0.2, 0.25) is 23.5 Å². The normalized spacial score (nSPS) is 15.3. The summed E-state index contributed by atoms with van der Waals surface area (Å²) in [6.45, 7) is 1.50. The lowest BCUT2D eigenvalue weighted by molar-refractivity contribution is -0.121. The molecule has 0 saturated heterocycles. The maximum Gasteiger partial charge on any atom is 0.227 e. The largest absolute Gasteiger partial charge is 0.493 e. The van der Waals surface area contributed by atoms with Crippen LogP contribution in [0.2, 0.25) is 0 Å². The molecule has 1 aromatic heterocycles. The predicted molar refractivity (Wildman–Crippen MR) is 121 cm³/mol. The third kappa shape index (κ3) is 5.94. The molecule has 0 spiro atoms. The van der Waals surface area contributed by atoms with Crippen LogP contribution in [0.5, 0.6) is 17.2 Å². The number of aromatic nitrogens is 2. The Balaban J connectivity index is 1.66. The summed E-state index contributed by atoms with van der Waals surface area (Å²) < 4.78 is 21.4. The maximum atomic E-state index is 12.5. The highest BCUT2D eigenvalue weighted by molar-refractivity contribution is 5.91. The third-order valence-electron chi connectivity index (χ3n) is 5.78.